The van der Waals surface area contributed by atoms with Gasteiger partial charge in [-0.25, -0.2) is 0 Å². The highest BCUT2D eigenvalue weighted by molar-refractivity contribution is 7.07. The number of rotatable bonds is 2. The number of nitrogens with zero attached hydrogens (tertiary/aromatic N) is 1. The van der Waals surface area contributed by atoms with Gasteiger partial charge in [0.2, 0.25) is 5.91 Å². The standard InChI is InChI=1S/C6H8N2O2S/c1-4-3-11-6(10)8(4)2-5(7)9/h3H,2H2,1H3,(H2,7,9). The summed E-state index contributed by atoms with van der Waals surface area (Å²) in [6.07, 6.45) is 0. The molecule has 0 radical (unpaired) electrons. The van der Waals surface area contributed by atoms with Gasteiger partial charge in [-0.15, -0.1) is 0 Å². The Hall–Kier alpha value is -1.10. The van der Waals surface area contributed by atoms with Crippen molar-refractivity contribution in [3.05, 3.63) is 20.7 Å². The molecule has 0 saturated carbocycles. The van der Waals surface area contributed by atoms with E-state index in [2.05, 4.69) is 0 Å². The monoisotopic (exact) mass is 172 g/mol. The van der Waals surface area contributed by atoms with E-state index in [-0.39, 0.29) is 11.4 Å². The fourth-order valence-corrected chi connectivity index (χ4v) is 1.49. The van der Waals surface area contributed by atoms with Crippen molar-refractivity contribution < 1.29 is 4.79 Å². The van der Waals surface area contributed by atoms with Crippen LogP contribution in [-0.2, 0) is 11.3 Å². The van der Waals surface area contributed by atoms with Crippen LogP contribution >= 0.6 is 11.3 Å². The summed E-state index contributed by atoms with van der Waals surface area (Å²) in [5, 5.41) is 1.70. The number of hydrogen-bond acceptors (Lipinski definition) is 3. The lowest BCUT2D eigenvalue weighted by molar-refractivity contribution is -0.118. The molecule has 0 aliphatic rings. The van der Waals surface area contributed by atoms with Crippen LogP contribution in [-0.4, -0.2) is 10.5 Å². The van der Waals surface area contributed by atoms with E-state index in [4.69, 9.17) is 5.73 Å². The summed E-state index contributed by atoms with van der Waals surface area (Å²) in [7, 11) is 0. The first kappa shape index (κ1) is 8.00. The maximum absolute atomic E-state index is 10.9. The minimum atomic E-state index is -0.492. The lowest BCUT2D eigenvalue weighted by atomic mass is 10.5. The molecule has 1 amide bonds. The molecular formula is C6H8N2O2S. The largest absolute Gasteiger partial charge is 0.368 e. The molecule has 0 spiro atoms. The van der Waals surface area contributed by atoms with Gasteiger partial charge in [-0.2, -0.15) is 0 Å². The number of aromatic nitrogens is 1. The number of carbonyl (C=O) groups is 1. The molecule has 0 fully saturated rings. The van der Waals surface area contributed by atoms with Gasteiger partial charge in [0.05, 0.1) is 0 Å². The zero-order valence-corrected chi connectivity index (χ0v) is 6.85. The molecule has 0 saturated heterocycles. The Kier molecular flexibility index (Phi) is 2.09. The Morgan fingerprint density at radius 2 is 2.45 bits per heavy atom. The van der Waals surface area contributed by atoms with Crippen LogP contribution < -0.4 is 10.6 Å². The van der Waals surface area contributed by atoms with Crippen LogP contribution in [0.3, 0.4) is 0 Å². The summed E-state index contributed by atoms with van der Waals surface area (Å²) >= 11 is 1.07. The molecule has 11 heavy (non-hydrogen) atoms. The van der Waals surface area contributed by atoms with Crippen molar-refractivity contribution in [2.45, 2.75) is 13.5 Å². The predicted octanol–water partition coefficient (Wildman–Crippen LogP) is -0.296. The van der Waals surface area contributed by atoms with Gasteiger partial charge < -0.3 is 5.73 Å². The van der Waals surface area contributed by atoms with Crippen LogP contribution in [0.2, 0.25) is 0 Å². The molecule has 5 heteroatoms. The van der Waals surface area contributed by atoms with E-state index in [9.17, 15) is 9.59 Å². The zero-order chi connectivity index (χ0) is 8.43. The van der Waals surface area contributed by atoms with Crippen molar-refractivity contribution >= 4 is 17.2 Å². The molecule has 0 unspecified atom stereocenters. The second-order valence-corrected chi connectivity index (χ2v) is 3.02. The first-order valence-corrected chi connectivity index (χ1v) is 3.92. The highest BCUT2D eigenvalue weighted by Crippen LogP contribution is 1.97. The predicted molar refractivity (Wildman–Crippen MR) is 42.5 cm³/mol. The van der Waals surface area contributed by atoms with E-state index >= 15 is 0 Å². The minimum absolute atomic E-state index is 0.0197. The van der Waals surface area contributed by atoms with E-state index < -0.39 is 5.91 Å². The molecule has 1 aromatic heterocycles. The maximum atomic E-state index is 10.9. The fourth-order valence-electron chi connectivity index (χ4n) is 0.752. The number of nitrogens with two attached hydrogens (primary N) is 1. The highest BCUT2D eigenvalue weighted by atomic mass is 32.1. The molecule has 2 N–H and O–H groups in total. The van der Waals surface area contributed by atoms with Gasteiger partial charge in [-0.3, -0.25) is 14.2 Å². The number of aryl methyl sites for hydroxylation is 1. The van der Waals surface area contributed by atoms with Crippen molar-refractivity contribution in [2.24, 2.45) is 5.73 Å². The van der Waals surface area contributed by atoms with Crippen molar-refractivity contribution in [3.63, 3.8) is 0 Å². The second-order valence-electron chi connectivity index (χ2n) is 2.20. The molecule has 1 heterocycles. The first-order chi connectivity index (χ1) is 5.11. The molecule has 1 rings (SSSR count). The Morgan fingerprint density at radius 3 is 2.82 bits per heavy atom. The van der Waals surface area contributed by atoms with Gasteiger partial charge in [0.1, 0.15) is 6.54 Å². The van der Waals surface area contributed by atoms with Gasteiger partial charge in [0.15, 0.2) is 0 Å². The van der Waals surface area contributed by atoms with E-state index in [1.54, 1.807) is 12.3 Å². The number of thiazole rings is 1. The lowest BCUT2D eigenvalue weighted by Crippen LogP contribution is -2.25. The van der Waals surface area contributed by atoms with Crippen molar-refractivity contribution in [1.82, 2.24) is 4.57 Å². The Bertz CT molecular complexity index is 326. The van der Waals surface area contributed by atoms with Crippen LogP contribution in [0.15, 0.2) is 10.2 Å². The molecule has 0 bridgehead atoms. The van der Waals surface area contributed by atoms with Gasteiger partial charge in [-0.05, 0) is 6.92 Å². The molecule has 0 aliphatic carbocycles. The van der Waals surface area contributed by atoms with E-state index in [1.165, 1.54) is 4.57 Å². The third-order valence-electron chi connectivity index (χ3n) is 1.29. The van der Waals surface area contributed by atoms with Gasteiger partial charge >= 0.3 is 4.87 Å². The third kappa shape index (κ3) is 1.68. The lowest BCUT2D eigenvalue weighted by Gasteiger charge is -1.97. The Morgan fingerprint density at radius 1 is 1.82 bits per heavy atom. The van der Waals surface area contributed by atoms with E-state index in [1.807, 2.05) is 0 Å². The van der Waals surface area contributed by atoms with Crippen molar-refractivity contribution in [3.8, 4) is 0 Å². The molecule has 4 nitrogen and oxygen atoms in total. The van der Waals surface area contributed by atoms with E-state index in [0.29, 0.717) is 0 Å². The SMILES string of the molecule is Cc1csc(=O)n1CC(N)=O. The topological polar surface area (TPSA) is 65.1 Å². The summed E-state index contributed by atoms with van der Waals surface area (Å²) in [6, 6.07) is 0. The molecule has 0 aromatic carbocycles. The van der Waals surface area contributed by atoms with Gasteiger partial charge in [0, 0.05) is 11.1 Å². The summed E-state index contributed by atoms with van der Waals surface area (Å²) < 4.78 is 1.35. The fraction of sp³-hybridized carbons (Fsp3) is 0.333. The molecule has 60 valence electrons. The Labute approximate surface area is 67.3 Å². The second kappa shape index (κ2) is 2.87. The van der Waals surface area contributed by atoms with Crippen molar-refractivity contribution in [1.29, 1.82) is 0 Å². The third-order valence-corrected chi connectivity index (χ3v) is 2.17. The average Bonchev–Trinajstić information content (AvgIpc) is 2.18. The zero-order valence-electron chi connectivity index (χ0n) is 6.03. The molecule has 0 atom stereocenters. The summed E-state index contributed by atoms with van der Waals surface area (Å²) in [4.78, 5) is 21.2. The number of hydrogen-bond donors (Lipinski definition) is 1. The minimum Gasteiger partial charge on any atom is -0.368 e. The Balaban J connectivity index is 3.01. The quantitative estimate of drug-likeness (QED) is 0.665. The van der Waals surface area contributed by atoms with Gasteiger partial charge in [0.25, 0.3) is 0 Å². The smallest absolute Gasteiger partial charge is 0.307 e. The molecular weight excluding hydrogens is 164 g/mol. The highest BCUT2D eigenvalue weighted by Gasteiger charge is 2.03. The van der Waals surface area contributed by atoms with E-state index in [0.717, 1.165) is 17.0 Å². The van der Waals surface area contributed by atoms with Crippen LogP contribution in [0.25, 0.3) is 0 Å². The normalized spacial score (nSPS) is 9.91. The van der Waals surface area contributed by atoms with Crippen LogP contribution in [0.4, 0.5) is 0 Å². The average molecular weight is 172 g/mol. The van der Waals surface area contributed by atoms with Crippen LogP contribution in [0.1, 0.15) is 5.69 Å². The van der Waals surface area contributed by atoms with Crippen molar-refractivity contribution in [2.75, 3.05) is 0 Å². The number of carbonyl (C=O) groups excluding carboxylic acids is 1. The number of primary amides is 1. The summed E-state index contributed by atoms with van der Waals surface area (Å²) in [5.74, 6) is -0.492. The summed E-state index contributed by atoms with van der Waals surface area (Å²) in [5.41, 5.74) is 5.70. The van der Waals surface area contributed by atoms with Gasteiger partial charge in [-0.1, -0.05) is 11.3 Å². The van der Waals surface area contributed by atoms with Crippen LogP contribution in [0, 0.1) is 6.92 Å². The maximum Gasteiger partial charge on any atom is 0.307 e. The molecule has 0 aliphatic heterocycles. The number of amides is 1. The molecule has 1 aromatic rings. The van der Waals surface area contributed by atoms with Crippen LogP contribution in [0.5, 0.6) is 0 Å². The summed E-state index contributed by atoms with van der Waals surface area (Å²) in [6.45, 7) is 1.75. The first-order valence-electron chi connectivity index (χ1n) is 3.04.